The SMILES string of the molecule is C=CCC(c1ccccc1)c1cc(=O)[nH]c(=O)[nH]1. The quantitative estimate of drug-likeness (QED) is 0.802. The molecule has 0 aliphatic heterocycles. The van der Waals surface area contributed by atoms with Gasteiger partial charge in [-0.2, -0.15) is 0 Å². The molecule has 1 aromatic heterocycles. The highest BCUT2D eigenvalue weighted by Crippen LogP contribution is 2.25. The van der Waals surface area contributed by atoms with E-state index in [9.17, 15) is 9.59 Å². The Labute approximate surface area is 104 Å². The van der Waals surface area contributed by atoms with Gasteiger partial charge in [-0.3, -0.25) is 9.78 Å². The summed E-state index contributed by atoms with van der Waals surface area (Å²) in [7, 11) is 0. The molecule has 1 heterocycles. The van der Waals surface area contributed by atoms with Crippen molar-refractivity contribution in [1.82, 2.24) is 9.97 Å². The molecule has 0 amide bonds. The fraction of sp³-hybridized carbons (Fsp3) is 0.143. The maximum atomic E-state index is 11.3. The van der Waals surface area contributed by atoms with E-state index in [1.165, 1.54) is 6.07 Å². The predicted octanol–water partition coefficient (Wildman–Crippen LogP) is 1.77. The molecule has 0 aliphatic rings. The van der Waals surface area contributed by atoms with Gasteiger partial charge in [0.1, 0.15) is 0 Å². The first-order valence-electron chi connectivity index (χ1n) is 5.70. The lowest BCUT2D eigenvalue weighted by molar-refractivity contribution is 0.774. The third-order valence-electron chi connectivity index (χ3n) is 2.76. The van der Waals surface area contributed by atoms with Crippen LogP contribution in [0.5, 0.6) is 0 Å². The molecule has 2 rings (SSSR count). The van der Waals surface area contributed by atoms with Gasteiger partial charge in [-0.25, -0.2) is 4.79 Å². The van der Waals surface area contributed by atoms with Gasteiger partial charge in [0, 0.05) is 17.7 Å². The Morgan fingerprint density at radius 3 is 2.50 bits per heavy atom. The second kappa shape index (κ2) is 5.31. The molecule has 0 saturated heterocycles. The van der Waals surface area contributed by atoms with Crippen LogP contribution < -0.4 is 11.2 Å². The molecular weight excluding hydrogens is 228 g/mol. The van der Waals surface area contributed by atoms with Crippen LogP contribution in [0.4, 0.5) is 0 Å². The summed E-state index contributed by atoms with van der Waals surface area (Å²) in [6.07, 6.45) is 2.43. The standard InChI is InChI=1S/C14H14N2O2/c1-2-6-11(10-7-4-3-5-8-10)12-9-13(17)16-14(18)15-12/h2-5,7-9,11H,1,6H2,(H2,15,16,17,18). The summed E-state index contributed by atoms with van der Waals surface area (Å²) in [4.78, 5) is 27.5. The van der Waals surface area contributed by atoms with Gasteiger partial charge in [0.15, 0.2) is 0 Å². The minimum Gasteiger partial charge on any atom is -0.311 e. The van der Waals surface area contributed by atoms with Gasteiger partial charge >= 0.3 is 5.69 Å². The van der Waals surface area contributed by atoms with Gasteiger partial charge in [-0.1, -0.05) is 36.4 Å². The van der Waals surface area contributed by atoms with E-state index in [0.717, 1.165) is 5.56 Å². The van der Waals surface area contributed by atoms with Crippen molar-refractivity contribution in [3.63, 3.8) is 0 Å². The van der Waals surface area contributed by atoms with Gasteiger partial charge < -0.3 is 4.98 Å². The summed E-state index contributed by atoms with van der Waals surface area (Å²) >= 11 is 0. The summed E-state index contributed by atoms with van der Waals surface area (Å²) in [6.45, 7) is 3.72. The van der Waals surface area contributed by atoms with Gasteiger partial charge in [0.2, 0.25) is 0 Å². The average molecular weight is 242 g/mol. The molecule has 1 unspecified atom stereocenters. The first-order chi connectivity index (χ1) is 8.70. The highest BCUT2D eigenvalue weighted by Gasteiger charge is 2.14. The highest BCUT2D eigenvalue weighted by atomic mass is 16.2. The second-order valence-electron chi connectivity index (χ2n) is 4.03. The van der Waals surface area contributed by atoms with Crippen LogP contribution in [0.25, 0.3) is 0 Å². The van der Waals surface area contributed by atoms with Gasteiger partial charge in [-0.15, -0.1) is 6.58 Å². The molecule has 0 bridgehead atoms. The van der Waals surface area contributed by atoms with Crippen LogP contribution in [0.3, 0.4) is 0 Å². The molecule has 2 N–H and O–H groups in total. The Kier molecular flexibility index (Phi) is 3.57. The number of benzene rings is 1. The Morgan fingerprint density at radius 1 is 1.17 bits per heavy atom. The maximum Gasteiger partial charge on any atom is 0.325 e. The lowest BCUT2D eigenvalue weighted by Crippen LogP contribution is -2.24. The van der Waals surface area contributed by atoms with Crippen molar-refractivity contribution < 1.29 is 0 Å². The number of H-pyrrole nitrogens is 2. The van der Waals surface area contributed by atoms with E-state index < -0.39 is 11.2 Å². The molecular formula is C14H14N2O2. The Balaban J connectivity index is 2.51. The molecule has 1 atom stereocenters. The van der Waals surface area contributed by atoms with Crippen LogP contribution in [0, 0.1) is 0 Å². The van der Waals surface area contributed by atoms with Crippen molar-refractivity contribution in [3.8, 4) is 0 Å². The van der Waals surface area contributed by atoms with Crippen molar-refractivity contribution in [1.29, 1.82) is 0 Å². The van der Waals surface area contributed by atoms with Crippen LogP contribution in [0.1, 0.15) is 23.6 Å². The molecule has 4 nitrogen and oxygen atoms in total. The normalized spacial score (nSPS) is 12.0. The molecule has 2 aromatic rings. The maximum absolute atomic E-state index is 11.3. The lowest BCUT2D eigenvalue weighted by Gasteiger charge is -2.15. The van der Waals surface area contributed by atoms with E-state index in [1.54, 1.807) is 6.08 Å². The molecule has 18 heavy (non-hydrogen) atoms. The molecule has 0 fully saturated rings. The molecule has 0 radical (unpaired) electrons. The van der Waals surface area contributed by atoms with Crippen LogP contribution in [0.15, 0.2) is 58.6 Å². The minimum atomic E-state index is -0.484. The number of hydrogen-bond donors (Lipinski definition) is 2. The zero-order chi connectivity index (χ0) is 13.0. The molecule has 0 aliphatic carbocycles. The fourth-order valence-corrected chi connectivity index (χ4v) is 1.97. The van der Waals surface area contributed by atoms with Crippen molar-refractivity contribution in [3.05, 3.63) is 81.1 Å². The number of allylic oxidation sites excluding steroid dienone is 1. The van der Waals surface area contributed by atoms with Crippen LogP contribution in [0.2, 0.25) is 0 Å². The highest BCUT2D eigenvalue weighted by molar-refractivity contribution is 5.28. The first-order valence-corrected chi connectivity index (χ1v) is 5.70. The monoisotopic (exact) mass is 242 g/mol. The molecule has 92 valence electrons. The third-order valence-corrected chi connectivity index (χ3v) is 2.76. The topological polar surface area (TPSA) is 65.7 Å². The molecule has 1 aromatic carbocycles. The minimum absolute atomic E-state index is 0.0568. The number of hydrogen-bond acceptors (Lipinski definition) is 2. The number of aromatic amines is 2. The van der Waals surface area contributed by atoms with E-state index in [-0.39, 0.29) is 5.92 Å². The molecule has 0 spiro atoms. The van der Waals surface area contributed by atoms with Crippen LogP contribution >= 0.6 is 0 Å². The Morgan fingerprint density at radius 2 is 1.89 bits per heavy atom. The molecule has 4 heteroatoms. The largest absolute Gasteiger partial charge is 0.325 e. The fourth-order valence-electron chi connectivity index (χ4n) is 1.97. The van der Waals surface area contributed by atoms with Crippen molar-refractivity contribution >= 4 is 0 Å². The second-order valence-corrected chi connectivity index (χ2v) is 4.03. The predicted molar refractivity (Wildman–Crippen MR) is 70.8 cm³/mol. The number of aromatic nitrogens is 2. The summed E-state index contributed by atoms with van der Waals surface area (Å²) < 4.78 is 0. The number of rotatable bonds is 4. The van der Waals surface area contributed by atoms with Crippen LogP contribution in [-0.4, -0.2) is 9.97 Å². The third kappa shape index (κ3) is 2.66. The molecule has 0 saturated carbocycles. The van der Waals surface area contributed by atoms with E-state index in [1.807, 2.05) is 30.3 Å². The van der Waals surface area contributed by atoms with E-state index >= 15 is 0 Å². The summed E-state index contributed by atoms with van der Waals surface area (Å²) in [5.74, 6) is -0.0568. The summed E-state index contributed by atoms with van der Waals surface area (Å²) in [6, 6.07) is 11.1. The smallest absolute Gasteiger partial charge is 0.311 e. The van der Waals surface area contributed by atoms with Crippen molar-refractivity contribution in [2.75, 3.05) is 0 Å². The summed E-state index contributed by atoms with van der Waals surface area (Å²) in [5.41, 5.74) is 0.773. The van der Waals surface area contributed by atoms with Crippen molar-refractivity contribution in [2.24, 2.45) is 0 Å². The van der Waals surface area contributed by atoms with Crippen molar-refractivity contribution in [2.45, 2.75) is 12.3 Å². The Bertz CT molecular complexity index is 612. The van der Waals surface area contributed by atoms with Gasteiger partial charge in [0.25, 0.3) is 5.56 Å². The zero-order valence-electron chi connectivity index (χ0n) is 9.85. The average Bonchev–Trinajstić information content (AvgIpc) is 2.36. The Hall–Kier alpha value is -2.36. The van der Waals surface area contributed by atoms with E-state index in [0.29, 0.717) is 12.1 Å². The summed E-state index contributed by atoms with van der Waals surface area (Å²) in [5, 5.41) is 0. The lowest BCUT2D eigenvalue weighted by atomic mass is 9.92. The zero-order valence-corrected chi connectivity index (χ0v) is 9.85. The van der Waals surface area contributed by atoms with Gasteiger partial charge in [0.05, 0.1) is 0 Å². The van der Waals surface area contributed by atoms with E-state index in [2.05, 4.69) is 16.5 Å². The van der Waals surface area contributed by atoms with E-state index in [4.69, 9.17) is 0 Å². The number of nitrogens with one attached hydrogen (secondary N) is 2. The van der Waals surface area contributed by atoms with Gasteiger partial charge in [-0.05, 0) is 12.0 Å². The van der Waals surface area contributed by atoms with Crippen LogP contribution in [-0.2, 0) is 0 Å². The first kappa shape index (κ1) is 12.1.